The van der Waals surface area contributed by atoms with Gasteiger partial charge in [-0.25, -0.2) is 0 Å². The molecule has 0 saturated carbocycles. The van der Waals surface area contributed by atoms with Gasteiger partial charge in [0, 0.05) is 25.0 Å². The zero-order valence-corrected chi connectivity index (χ0v) is 19.1. The number of hydrogen-bond acceptors (Lipinski definition) is 7. The third-order valence-corrected chi connectivity index (χ3v) is 6.17. The molecule has 32 heavy (non-hydrogen) atoms. The third-order valence-electron chi connectivity index (χ3n) is 5.16. The normalized spacial score (nSPS) is 13.2. The van der Waals surface area contributed by atoms with Crippen LogP contribution >= 0.6 is 11.8 Å². The van der Waals surface area contributed by atoms with Gasteiger partial charge in [0.15, 0.2) is 16.7 Å². The Bertz CT molecular complexity index is 1080. The Morgan fingerprint density at radius 3 is 2.69 bits per heavy atom. The maximum atomic E-state index is 12.5. The zero-order valence-electron chi connectivity index (χ0n) is 18.3. The molecule has 1 N–H and O–H groups in total. The lowest BCUT2D eigenvalue weighted by atomic mass is 10.1. The number of hydrogen-bond donors (Lipinski definition) is 1. The van der Waals surface area contributed by atoms with Crippen LogP contribution in [0.5, 0.6) is 11.5 Å². The van der Waals surface area contributed by atoms with Crippen LogP contribution in [0.4, 0.5) is 0 Å². The van der Waals surface area contributed by atoms with E-state index in [1.54, 1.807) is 18.9 Å². The van der Waals surface area contributed by atoms with Crippen molar-refractivity contribution in [2.45, 2.75) is 37.3 Å². The van der Waals surface area contributed by atoms with Crippen molar-refractivity contribution in [3.05, 3.63) is 65.0 Å². The van der Waals surface area contributed by atoms with Gasteiger partial charge in [-0.05, 0) is 49.2 Å². The molecule has 2 heterocycles. The van der Waals surface area contributed by atoms with Crippen LogP contribution in [-0.4, -0.2) is 41.2 Å². The van der Waals surface area contributed by atoms with Crippen LogP contribution in [0.3, 0.4) is 0 Å². The van der Waals surface area contributed by atoms with E-state index in [4.69, 9.17) is 14.2 Å². The van der Waals surface area contributed by atoms with Gasteiger partial charge in [-0.1, -0.05) is 30.0 Å². The third kappa shape index (κ3) is 5.05. The van der Waals surface area contributed by atoms with E-state index in [9.17, 15) is 4.79 Å². The molecule has 3 aromatic rings. The van der Waals surface area contributed by atoms with Gasteiger partial charge in [0.1, 0.15) is 5.82 Å². The van der Waals surface area contributed by atoms with Crippen LogP contribution < -0.4 is 14.8 Å². The van der Waals surface area contributed by atoms with Crippen molar-refractivity contribution in [3.63, 3.8) is 0 Å². The summed E-state index contributed by atoms with van der Waals surface area (Å²) >= 11 is 1.62. The quantitative estimate of drug-likeness (QED) is 0.493. The van der Waals surface area contributed by atoms with Crippen molar-refractivity contribution in [3.8, 4) is 11.5 Å². The minimum absolute atomic E-state index is 0.120. The SMILES string of the molecule is COC[C@H](C)n1c(C)nnc1SCc1ccc(C(=O)NCc2ccc3c(c2)OCO3)cc1. The first-order valence-electron chi connectivity index (χ1n) is 10.3. The van der Waals surface area contributed by atoms with E-state index < -0.39 is 0 Å². The van der Waals surface area contributed by atoms with E-state index in [1.807, 2.05) is 49.4 Å². The number of aromatic nitrogens is 3. The van der Waals surface area contributed by atoms with E-state index in [2.05, 4.69) is 27.0 Å². The lowest BCUT2D eigenvalue weighted by molar-refractivity contribution is 0.0951. The standard InChI is InChI=1S/C23H26N4O4S/c1-15(12-29-3)27-16(2)25-26-23(27)32-13-17-4-7-19(8-5-17)22(28)24-11-18-6-9-20-21(10-18)31-14-30-20/h4-10,15H,11-14H2,1-3H3,(H,24,28)/t15-/m0/s1. The van der Waals surface area contributed by atoms with Gasteiger partial charge in [0.05, 0.1) is 12.6 Å². The summed E-state index contributed by atoms with van der Waals surface area (Å²) < 4.78 is 18.0. The molecule has 1 aliphatic heterocycles. The summed E-state index contributed by atoms with van der Waals surface area (Å²) in [5.41, 5.74) is 2.68. The minimum atomic E-state index is -0.120. The van der Waals surface area contributed by atoms with Crippen molar-refractivity contribution in [2.24, 2.45) is 0 Å². The fraction of sp³-hybridized carbons (Fsp3) is 0.348. The summed E-state index contributed by atoms with van der Waals surface area (Å²) in [6, 6.07) is 13.4. The number of carbonyl (C=O) groups is 1. The number of benzene rings is 2. The van der Waals surface area contributed by atoms with Crippen LogP contribution in [0.15, 0.2) is 47.6 Å². The molecule has 2 aromatic carbocycles. The predicted molar refractivity (Wildman–Crippen MR) is 121 cm³/mol. The molecule has 1 aromatic heterocycles. The van der Waals surface area contributed by atoms with E-state index in [1.165, 1.54) is 0 Å². The molecular weight excluding hydrogens is 428 g/mol. The Labute approximate surface area is 191 Å². The highest BCUT2D eigenvalue weighted by atomic mass is 32.2. The Morgan fingerprint density at radius 2 is 1.91 bits per heavy atom. The van der Waals surface area contributed by atoms with Crippen molar-refractivity contribution >= 4 is 17.7 Å². The number of ether oxygens (including phenoxy) is 3. The van der Waals surface area contributed by atoms with Crippen LogP contribution in [0.2, 0.25) is 0 Å². The predicted octanol–water partition coefficient (Wildman–Crippen LogP) is 3.74. The molecule has 0 radical (unpaired) electrons. The summed E-state index contributed by atoms with van der Waals surface area (Å²) in [5.74, 6) is 2.92. The van der Waals surface area contributed by atoms with Crippen LogP contribution in [0.1, 0.15) is 40.3 Å². The van der Waals surface area contributed by atoms with Gasteiger partial charge in [-0.2, -0.15) is 0 Å². The summed E-state index contributed by atoms with van der Waals surface area (Å²) in [7, 11) is 1.69. The first-order valence-corrected chi connectivity index (χ1v) is 11.3. The van der Waals surface area contributed by atoms with E-state index in [-0.39, 0.29) is 18.7 Å². The minimum Gasteiger partial charge on any atom is -0.454 e. The average Bonchev–Trinajstić information content (AvgIpc) is 3.42. The molecule has 1 amide bonds. The van der Waals surface area contributed by atoms with Crippen LogP contribution in [-0.2, 0) is 17.0 Å². The number of rotatable bonds is 9. The first kappa shape index (κ1) is 22.2. The number of nitrogens with zero attached hydrogens (tertiary/aromatic N) is 3. The number of thioether (sulfide) groups is 1. The maximum Gasteiger partial charge on any atom is 0.251 e. The highest BCUT2D eigenvalue weighted by molar-refractivity contribution is 7.98. The molecular formula is C23H26N4O4S. The van der Waals surface area contributed by atoms with Crippen LogP contribution in [0, 0.1) is 6.92 Å². The highest BCUT2D eigenvalue weighted by Gasteiger charge is 2.16. The van der Waals surface area contributed by atoms with E-state index >= 15 is 0 Å². The molecule has 4 rings (SSSR count). The van der Waals surface area contributed by atoms with Gasteiger partial charge in [-0.15, -0.1) is 10.2 Å². The van der Waals surface area contributed by atoms with Crippen molar-refractivity contribution in [1.29, 1.82) is 0 Å². The van der Waals surface area contributed by atoms with Crippen LogP contribution in [0.25, 0.3) is 0 Å². The topological polar surface area (TPSA) is 87.5 Å². The van der Waals surface area contributed by atoms with Crippen molar-refractivity contribution in [1.82, 2.24) is 20.1 Å². The lowest BCUT2D eigenvalue weighted by Gasteiger charge is -2.15. The van der Waals surface area contributed by atoms with Gasteiger partial charge in [0.25, 0.3) is 5.91 Å². The molecule has 1 aliphatic rings. The average molecular weight is 455 g/mol. The fourth-order valence-corrected chi connectivity index (χ4v) is 4.54. The number of amides is 1. The van der Waals surface area contributed by atoms with Crippen molar-refractivity contribution in [2.75, 3.05) is 20.5 Å². The molecule has 0 fully saturated rings. The largest absolute Gasteiger partial charge is 0.454 e. The number of methoxy groups -OCH3 is 1. The molecule has 0 spiro atoms. The monoisotopic (exact) mass is 454 g/mol. The molecule has 9 heteroatoms. The second-order valence-corrected chi connectivity index (χ2v) is 8.50. The number of aryl methyl sites for hydroxylation is 1. The molecule has 0 bridgehead atoms. The molecule has 8 nitrogen and oxygen atoms in total. The van der Waals surface area contributed by atoms with Gasteiger partial charge in [-0.3, -0.25) is 4.79 Å². The number of carbonyl (C=O) groups excluding carboxylic acids is 1. The highest BCUT2D eigenvalue weighted by Crippen LogP contribution is 2.32. The summed E-state index contributed by atoms with van der Waals surface area (Å²) in [6.07, 6.45) is 0. The second-order valence-electron chi connectivity index (χ2n) is 7.56. The second kappa shape index (κ2) is 10.1. The molecule has 1 atom stereocenters. The number of nitrogens with one attached hydrogen (secondary N) is 1. The van der Waals surface area contributed by atoms with Gasteiger partial charge >= 0.3 is 0 Å². The Balaban J connectivity index is 1.32. The summed E-state index contributed by atoms with van der Waals surface area (Å²) in [4.78, 5) is 12.5. The molecule has 0 aliphatic carbocycles. The molecule has 0 unspecified atom stereocenters. The Morgan fingerprint density at radius 1 is 1.16 bits per heavy atom. The summed E-state index contributed by atoms with van der Waals surface area (Å²) in [5, 5.41) is 12.3. The van der Waals surface area contributed by atoms with Gasteiger partial charge < -0.3 is 24.1 Å². The van der Waals surface area contributed by atoms with Crippen molar-refractivity contribution < 1.29 is 19.0 Å². The van der Waals surface area contributed by atoms with E-state index in [0.717, 1.165) is 33.6 Å². The van der Waals surface area contributed by atoms with Gasteiger partial charge in [0.2, 0.25) is 6.79 Å². The number of fused-ring (bicyclic) bond motifs is 1. The Hall–Kier alpha value is -3.04. The first-order chi connectivity index (χ1) is 15.5. The Kier molecular flexibility index (Phi) is 6.96. The maximum absolute atomic E-state index is 12.5. The molecule has 0 saturated heterocycles. The fourth-order valence-electron chi connectivity index (χ4n) is 3.51. The summed E-state index contributed by atoms with van der Waals surface area (Å²) in [6.45, 7) is 5.28. The smallest absolute Gasteiger partial charge is 0.251 e. The zero-order chi connectivity index (χ0) is 22.5. The lowest BCUT2D eigenvalue weighted by Crippen LogP contribution is -2.22. The molecule has 168 valence electrons. The van der Waals surface area contributed by atoms with E-state index in [0.29, 0.717) is 24.5 Å².